The first kappa shape index (κ1) is 66.2. The number of nitrogens with zero attached hydrogens (tertiary/aromatic N) is 3. The predicted octanol–water partition coefficient (Wildman–Crippen LogP) is 28.5. The van der Waals surface area contributed by atoms with Gasteiger partial charge in [0.05, 0.1) is 28.1 Å². The SMILES string of the molecule is c1ccc(-c2cc(-c3ccccc3)c(N3c4ccc(-c5ccc6sc7ccccc7c6c5)cc4B4c5ccc(-c6c7ccccc7c(-c7ccccc7)c7ccccc67)cc5N(c5c(-c6ccccc6)cc(-c6ccccc6)cc5-c5ccccc5)c5cc(-n6c7ccccc7c7ccccc76)cc3c54)c(-c3ccccc3)c2)cc1. The Hall–Kier alpha value is -14.6. The molecule has 23 rings (SSSR count). The molecule has 19 aromatic carbocycles. The van der Waals surface area contributed by atoms with E-state index in [1.165, 1.54) is 91.1 Å². The molecule has 2 aliphatic rings. The molecule has 534 valence electrons. The molecule has 0 amide bonds. The van der Waals surface area contributed by atoms with E-state index in [-0.39, 0.29) is 6.71 Å². The molecular formula is C110H70BN3S. The third kappa shape index (κ3) is 10.8. The van der Waals surface area contributed by atoms with Crippen molar-refractivity contribution in [1.82, 2.24) is 4.57 Å². The quantitative estimate of drug-likeness (QED) is 0.0892. The average Bonchev–Trinajstić information content (AvgIpc) is 1.07. The zero-order valence-electron chi connectivity index (χ0n) is 62.7. The lowest BCUT2D eigenvalue weighted by Gasteiger charge is -2.46. The first-order chi connectivity index (χ1) is 57.1. The second-order valence-corrected chi connectivity index (χ2v) is 31.6. The largest absolute Gasteiger partial charge is 0.310 e. The Kier molecular flexibility index (Phi) is 15.6. The van der Waals surface area contributed by atoms with Gasteiger partial charge in [-0.1, -0.05) is 346 Å². The maximum absolute atomic E-state index is 2.74. The third-order valence-electron chi connectivity index (χ3n) is 24.1. The highest BCUT2D eigenvalue weighted by Crippen LogP contribution is 2.57. The van der Waals surface area contributed by atoms with Crippen molar-refractivity contribution < 1.29 is 0 Å². The van der Waals surface area contributed by atoms with Gasteiger partial charge in [0.2, 0.25) is 0 Å². The first-order valence-electron chi connectivity index (χ1n) is 39.7. The molecule has 3 nitrogen and oxygen atoms in total. The molecule has 0 saturated heterocycles. The molecule has 0 fully saturated rings. The van der Waals surface area contributed by atoms with Gasteiger partial charge in [-0.15, -0.1) is 11.3 Å². The van der Waals surface area contributed by atoms with E-state index in [2.05, 4.69) is 439 Å². The van der Waals surface area contributed by atoms with Crippen LogP contribution >= 0.6 is 11.3 Å². The van der Waals surface area contributed by atoms with Gasteiger partial charge in [0.15, 0.2) is 0 Å². The molecule has 0 bridgehead atoms. The van der Waals surface area contributed by atoms with Crippen LogP contribution in [0.2, 0.25) is 0 Å². The molecule has 4 heterocycles. The van der Waals surface area contributed by atoms with E-state index in [1.807, 2.05) is 11.3 Å². The van der Waals surface area contributed by atoms with E-state index in [4.69, 9.17) is 0 Å². The van der Waals surface area contributed by atoms with Crippen molar-refractivity contribution in [3.05, 3.63) is 425 Å². The molecule has 21 aromatic rings. The minimum absolute atomic E-state index is 0.337. The molecule has 0 unspecified atom stereocenters. The Bertz CT molecular complexity index is 7210. The number of fused-ring (bicyclic) bond motifs is 12. The van der Waals surface area contributed by atoms with Crippen LogP contribution in [0.4, 0.5) is 34.1 Å². The maximum atomic E-state index is 2.74. The monoisotopic (exact) mass is 1480 g/mol. The molecule has 2 aromatic heterocycles. The summed E-state index contributed by atoms with van der Waals surface area (Å²) >= 11 is 1.87. The van der Waals surface area contributed by atoms with Crippen molar-refractivity contribution in [2.45, 2.75) is 0 Å². The van der Waals surface area contributed by atoms with Crippen molar-refractivity contribution >= 4 is 132 Å². The summed E-state index contributed by atoms with van der Waals surface area (Å²) < 4.78 is 5.12. The molecule has 0 radical (unpaired) electrons. The highest BCUT2D eigenvalue weighted by molar-refractivity contribution is 7.25. The summed E-state index contributed by atoms with van der Waals surface area (Å²) in [5.41, 5.74) is 34.0. The fourth-order valence-electron chi connectivity index (χ4n) is 19.1. The minimum atomic E-state index is -0.337. The molecule has 0 spiro atoms. The predicted molar refractivity (Wildman–Crippen MR) is 492 cm³/mol. The van der Waals surface area contributed by atoms with Crippen molar-refractivity contribution in [3.63, 3.8) is 0 Å². The lowest BCUT2D eigenvalue weighted by atomic mass is 9.33. The van der Waals surface area contributed by atoms with Gasteiger partial charge in [-0.3, -0.25) is 0 Å². The van der Waals surface area contributed by atoms with E-state index >= 15 is 0 Å². The lowest BCUT2D eigenvalue weighted by molar-refractivity contribution is 1.16. The summed E-state index contributed by atoms with van der Waals surface area (Å²) in [6.45, 7) is -0.337. The Morgan fingerprint density at radius 3 is 1.03 bits per heavy atom. The van der Waals surface area contributed by atoms with Crippen LogP contribution in [0.5, 0.6) is 0 Å². The van der Waals surface area contributed by atoms with E-state index < -0.39 is 0 Å². The van der Waals surface area contributed by atoms with Gasteiger partial charge < -0.3 is 14.4 Å². The number of thiophene rings is 1. The zero-order chi connectivity index (χ0) is 75.6. The Morgan fingerprint density at radius 1 is 0.200 bits per heavy atom. The van der Waals surface area contributed by atoms with Crippen molar-refractivity contribution in [2.75, 3.05) is 9.80 Å². The summed E-state index contributed by atoms with van der Waals surface area (Å²) in [6.07, 6.45) is 0. The first-order valence-corrected chi connectivity index (χ1v) is 40.5. The molecule has 0 N–H and O–H groups in total. The van der Waals surface area contributed by atoms with Crippen molar-refractivity contribution in [3.8, 4) is 106 Å². The number of rotatable bonds is 12. The summed E-state index contributed by atoms with van der Waals surface area (Å²) in [7, 11) is 0. The van der Waals surface area contributed by atoms with Gasteiger partial charge in [0.1, 0.15) is 0 Å². The number of para-hydroxylation sites is 2. The van der Waals surface area contributed by atoms with Crippen LogP contribution in [0, 0.1) is 0 Å². The molecule has 0 atom stereocenters. The number of aromatic nitrogens is 1. The van der Waals surface area contributed by atoms with Gasteiger partial charge in [0.25, 0.3) is 6.71 Å². The maximum Gasteiger partial charge on any atom is 0.252 e. The lowest BCUT2D eigenvalue weighted by Crippen LogP contribution is -2.61. The number of benzene rings is 19. The van der Waals surface area contributed by atoms with Crippen LogP contribution in [0.3, 0.4) is 0 Å². The minimum Gasteiger partial charge on any atom is -0.310 e. The second-order valence-electron chi connectivity index (χ2n) is 30.5. The van der Waals surface area contributed by atoms with Gasteiger partial charge in [-0.25, -0.2) is 0 Å². The summed E-state index contributed by atoms with van der Waals surface area (Å²) in [5, 5.41) is 9.74. The molecule has 5 heteroatoms. The Balaban J connectivity index is 0.918. The topological polar surface area (TPSA) is 11.4 Å². The molecule has 115 heavy (non-hydrogen) atoms. The summed E-state index contributed by atoms with van der Waals surface area (Å²) in [6, 6.07) is 160. The van der Waals surface area contributed by atoms with Crippen LogP contribution < -0.4 is 26.2 Å². The molecule has 0 aliphatic carbocycles. The van der Waals surface area contributed by atoms with Crippen LogP contribution in [0.25, 0.3) is 169 Å². The number of hydrogen-bond acceptors (Lipinski definition) is 3. The summed E-state index contributed by atoms with van der Waals surface area (Å²) in [5.74, 6) is 0. The van der Waals surface area contributed by atoms with E-state index in [9.17, 15) is 0 Å². The molecule has 0 saturated carbocycles. The fraction of sp³-hybridized carbons (Fsp3) is 0. The van der Waals surface area contributed by atoms with Crippen molar-refractivity contribution in [2.24, 2.45) is 0 Å². The molecule has 2 aliphatic heterocycles. The van der Waals surface area contributed by atoms with E-state index in [1.54, 1.807) is 0 Å². The molecular weight excluding hydrogens is 1410 g/mol. The number of hydrogen-bond donors (Lipinski definition) is 0. The van der Waals surface area contributed by atoms with Gasteiger partial charge in [-0.2, -0.15) is 0 Å². The normalized spacial score (nSPS) is 12.3. The number of anilines is 6. The van der Waals surface area contributed by atoms with Crippen molar-refractivity contribution in [1.29, 1.82) is 0 Å². The van der Waals surface area contributed by atoms with Crippen LogP contribution in [0.1, 0.15) is 0 Å². The Labute approximate surface area is 672 Å². The van der Waals surface area contributed by atoms with E-state index in [0.717, 1.165) is 129 Å². The highest BCUT2D eigenvalue weighted by atomic mass is 32.1. The standard InChI is InChI=1S/C110H70BN3S/c1-8-32-71(33-9-1)81-63-91(73-36-12-3-13-37-73)109(92(64-81)74-38-14-4-15-39-74)113-100-60-57-79(78-58-61-105-95(62-78)86-48-28-31-55-104(86)115-105)67-97(100)111-96-59-56-80(107-89-51-24-22-49-87(89)106(77-44-20-7-21-45-77)88-50-23-25-52-90(88)107)68-101(96)114(103-70-83(69-102(113)108(103)111)112-98-53-29-26-46-84(98)85-47-27-30-54-99(85)112)110-93(75-40-16-5-17-41-75)65-82(72-34-10-2-11-35-72)66-94(110)76-42-18-6-19-43-76/h1-70H. The fourth-order valence-corrected chi connectivity index (χ4v) is 20.2. The van der Waals surface area contributed by atoms with Crippen LogP contribution in [-0.2, 0) is 0 Å². The van der Waals surface area contributed by atoms with Gasteiger partial charge in [0, 0.05) is 75.9 Å². The second kappa shape index (κ2) is 27.1. The summed E-state index contributed by atoms with van der Waals surface area (Å²) in [4.78, 5) is 5.45. The smallest absolute Gasteiger partial charge is 0.252 e. The Morgan fingerprint density at radius 2 is 0.557 bits per heavy atom. The third-order valence-corrected chi connectivity index (χ3v) is 25.3. The van der Waals surface area contributed by atoms with Gasteiger partial charge in [-0.05, 0) is 195 Å². The van der Waals surface area contributed by atoms with Crippen LogP contribution in [0.15, 0.2) is 425 Å². The average molecular weight is 1480 g/mol. The van der Waals surface area contributed by atoms with Crippen LogP contribution in [-0.4, -0.2) is 11.3 Å². The van der Waals surface area contributed by atoms with Gasteiger partial charge >= 0.3 is 0 Å². The van der Waals surface area contributed by atoms with E-state index in [0.29, 0.717) is 0 Å². The highest BCUT2D eigenvalue weighted by Gasteiger charge is 2.46. The zero-order valence-corrected chi connectivity index (χ0v) is 63.6.